The zero-order chi connectivity index (χ0) is 33.1. The Balaban J connectivity index is 1.93. The van der Waals surface area contributed by atoms with E-state index in [1.807, 2.05) is 13.0 Å². The number of allylic oxidation sites excluding steroid dienone is 20. The minimum Gasteiger partial charge on any atom is -0.389 e. The highest BCUT2D eigenvalue weighted by atomic mass is 16.5. The molecule has 2 aliphatic rings. The zero-order valence-corrected chi connectivity index (χ0v) is 29.1. The van der Waals surface area contributed by atoms with Crippen LogP contribution in [0.5, 0.6) is 0 Å². The van der Waals surface area contributed by atoms with Crippen LogP contribution in [-0.4, -0.2) is 30.2 Å². The maximum absolute atomic E-state index is 12.6. The Labute approximate surface area is 268 Å². The summed E-state index contributed by atoms with van der Waals surface area (Å²) in [6.07, 6.45) is 32.3. The van der Waals surface area contributed by atoms with Crippen molar-refractivity contribution in [3.05, 3.63) is 130 Å². The quantitative estimate of drug-likeness (QED) is 0.191. The SMILES string of the molecule is COC1CC(C)(C)C(C=CC(C)=CC=CC(C)=CC=CC=C(C)C=CC=C(C)C=CC2C(C)=CC(O)CC2(C)C)=C(C)C1=O. The van der Waals surface area contributed by atoms with Gasteiger partial charge in [-0.05, 0) is 76.4 Å². The predicted molar refractivity (Wildman–Crippen MR) is 189 cm³/mol. The van der Waals surface area contributed by atoms with E-state index >= 15 is 0 Å². The second kappa shape index (κ2) is 16.7. The van der Waals surface area contributed by atoms with E-state index in [0.717, 1.165) is 28.7 Å². The number of Topliss-reactive ketones (excluding diaryl/α,β-unsaturated/α-hetero) is 1. The fourth-order valence-electron chi connectivity index (χ4n) is 6.05. The molecule has 3 heteroatoms. The van der Waals surface area contributed by atoms with Crippen molar-refractivity contribution in [1.82, 2.24) is 0 Å². The number of ketones is 1. The normalized spacial score (nSPS) is 26.0. The third-order valence-corrected chi connectivity index (χ3v) is 8.63. The zero-order valence-electron chi connectivity index (χ0n) is 29.1. The smallest absolute Gasteiger partial charge is 0.187 e. The molecule has 0 aromatic heterocycles. The lowest BCUT2D eigenvalue weighted by Crippen LogP contribution is -2.37. The fraction of sp³-hybridized carbons (Fsp3) is 0.439. The maximum Gasteiger partial charge on any atom is 0.187 e. The molecule has 2 aliphatic carbocycles. The largest absolute Gasteiger partial charge is 0.389 e. The van der Waals surface area contributed by atoms with Gasteiger partial charge in [-0.15, -0.1) is 0 Å². The summed E-state index contributed by atoms with van der Waals surface area (Å²) in [7, 11) is 1.61. The summed E-state index contributed by atoms with van der Waals surface area (Å²) < 4.78 is 5.41. The second-order valence-electron chi connectivity index (χ2n) is 13.8. The first-order chi connectivity index (χ1) is 20.6. The molecule has 44 heavy (non-hydrogen) atoms. The molecule has 0 fully saturated rings. The van der Waals surface area contributed by atoms with E-state index in [4.69, 9.17) is 4.74 Å². The molecule has 0 aromatic carbocycles. The van der Waals surface area contributed by atoms with Crippen molar-refractivity contribution in [3.63, 3.8) is 0 Å². The molecule has 3 unspecified atom stereocenters. The molecule has 2 rings (SSSR count). The Morgan fingerprint density at radius 2 is 1.30 bits per heavy atom. The lowest BCUT2D eigenvalue weighted by atomic mass is 9.67. The number of ether oxygens (including phenoxy) is 1. The van der Waals surface area contributed by atoms with Gasteiger partial charge in [-0.2, -0.15) is 0 Å². The van der Waals surface area contributed by atoms with Crippen LogP contribution in [0.25, 0.3) is 0 Å². The Morgan fingerprint density at radius 1 is 0.795 bits per heavy atom. The van der Waals surface area contributed by atoms with Gasteiger partial charge in [0.15, 0.2) is 5.78 Å². The van der Waals surface area contributed by atoms with E-state index in [9.17, 15) is 9.90 Å². The highest BCUT2D eigenvalue weighted by molar-refractivity contribution is 6.00. The molecule has 0 saturated carbocycles. The first-order valence-corrected chi connectivity index (χ1v) is 15.8. The highest BCUT2D eigenvalue weighted by Crippen LogP contribution is 2.42. The van der Waals surface area contributed by atoms with Crippen LogP contribution in [0.4, 0.5) is 0 Å². The van der Waals surface area contributed by atoms with Gasteiger partial charge in [0.25, 0.3) is 0 Å². The van der Waals surface area contributed by atoms with Gasteiger partial charge in [-0.3, -0.25) is 4.79 Å². The van der Waals surface area contributed by atoms with Crippen LogP contribution in [0, 0.1) is 16.7 Å². The number of methoxy groups -OCH3 is 1. The Kier molecular flexibility index (Phi) is 14.0. The van der Waals surface area contributed by atoms with E-state index in [2.05, 4.69) is 147 Å². The molecular formula is C41H56O3. The molecule has 3 nitrogen and oxygen atoms in total. The number of aliphatic hydroxyl groups is 1. The van der Waals surface area contributed by atoms with E-state index < -0.39 is 0 Å². The summed E-state index contributed by atoms with van der Waals surface area (Å²) in [6, 6.07) is 0. The number of hydrogen-bond donors (Lipinski definition) is 1. The molecule has 3 atom stereocenters. The number of hydrogen-bond acceptors (Lipinski definition) is 3. The summed E-state index contributed by atoms with van der Waals surface area (Å²) >= 11 is 0. The van der Waals surface area contributed by atoms with E-state index in [1.54, 1.807) is 7.11 Å². The van der Waals surface area contributed by atoms with Crippen molar-refractivity contribution in [1.29, 1.82) is 0 Å². The van der Waals surface area contributed by atoms with Crippen molar-refractivity contribution >= 4 is 5.78 Å². The predicted octanol–water partition coefficient (Wildman–Crippen LogP) is 10.2. The molecule has 0 bridgehead atoms. The average Bonchev–Trinajstić information content (AvgIpc) is 2.91. The van der Waals surface area contributed by atoms with Gasteiger partial charge in [0, 0.05) is 13.0 Å². The van der Waals surface area contributed by atoms with Gasteiger partial charge in [0.1, 0.15) is 6.10 Å². The summed E-state index contributed by atoms with van der Waals surface area (Å²) in [5.74, 6) is 0.431. The lowest BCUT2D eigenvalue weighted by Gasteiger charge is -2.38. The van der Waals surface area contributed by atoms with Crippen molar-refractivity contribution in [2.75, 3.05) is 7.11 Å². The molecule has 0 amide bonds. The summed E-state index contributed by atoms with van der Waals surface area (Å²) in [5.41, 5.74) is 7.72. The standard InChI is InChI=1S/C41H56O3/c1-29(18-14-20-31(3)22-24-36-33(5)26-35(42)27-40(36,7)8)16-12-13-17-30(2)19-15-21-32(4)23-25-37-34(6)39(43)38(44-11)28-41(37,9)10/h12-26,35-36,38,42H,27-28H2,1-11H3. The maximum atomic E-state index is 12.6. The highest BCUT2D eigenvalue weighted by Gasteiger charge is 2.38. The second-order valence-corrected chi connectivity index (χ2v) is 13.8. The van der Waals surface area contributed by atoms with Crippen molar-refractivity contribution in [2.24, 2.45) is 16.7 Å². The molecule has 0 spiro atoms. The number of carbonyl (C=O) groups is 1. The first-order valence-electron chi connectivity index (χ1n) is 15.8. The molecule has 1 N–H and O–H groups in total. The minimum atomic E-state index is -0.347. The molecule has 0 saturated heterocycles. The van der Waals surface area contributed by atoms with Crippen molar-refractivity contribution in [2.45, 2.75) is 94.3 Å². The minimum absolute atomic E-state index is 0.0501. The number of rotatable bonds is 11. The van der Waals surface area contributed by atoms with Gasteiger partial charge in [-0.1, -0.05) is 147 Å². The van der Waals surface area contributed by atoms with E-state index in [1.165, 1.54) is 16.7 Å². The summed E-state index contributed by atoms with van der Waals surface area (Å²) in [5, 5.41) is 10.1. The number of carbonyl (C=O) groups excluding carboxylic acids is 1. The molecule has 0 radical (unpaired) electrons. The third kappa shape index (κ3) is 11.3. The number of aliphatic hydroxyl groups excluding tert-OH is 1. The van der Waals surface area contributed by atoms with E-state index in [-0.39, 0.29) is 28.8 Å². The van der Waals surface area contributed by atoms with Crippen molar-refractivity contribution in [3.8, 4) is 0 Å². The van der Waals surface area contributed by atoms with Crippen LogP contribution in [0.2, 0.25) is 0 Å². The van der Waals surface area contributed by atoms with Gasteiger partial charge < -0.3 is 9.84 Å². The monoisotopic (exact) mass is 596 g/mol. The van der Waals surface area contributed by atoms with Crippen LogP contribution >= 0.6 is 0 Å². The van der Waals surface area contributed by atoms with Crippen LogP contribution in [0.3, 0.4) is 0 Å². The van der Waals surface area contributed by atoms with Gasteiger partial charge in [0.05, 0.1) is 6.10 Å². The Hall–Kier alpha value is -3.27. The van der Waals surface area contributed by atoms with Gasteiger partial charge >= 0.3 is 0 Å². The first kappa shape index (κ1) is 36.9. The Morgan fingerprint density at radius 3 is 1.82 bits per heavy atom. The van der Waals surface area contributed by atoms with Gasteiger partial charge in [-0.25, -0.2) is 0 Å². The third-order valence-electron chi connectivity index (χ3n) is 8.63. The van der Waals surface area contributed by atoms with Crippen LogP contribution in [0.1, 0.15) is 82.1 Å². The lowest BCUT2D eigenvalue weighted by molar-refractivity contribution is -0.127. The summed E-state index contributed by atoms with van der Waals surface area (Å²) in [6.45, 7) is 21.2. The molecule has 238 valence electrons. The topological polar surface area (TPSA) is 46.5 Å². The van der Waals surface area contributed by atoms with Crippen molar-refractivity contribution < 1.29 is 14.6 Å². The Bertz CT molecular complexity index is 1370. The van der Waals surface area contributed by atoms with Crippen LogP contribution in [-0.2, 0) is 9.53 Å². The fourth-order valence-corrected chi connectivity index (χ4v) is 6.05. The molecule has 0 aromatic rings. The van der Waals surface area contributed by atoms with Gasteiger partial charge in [0.2, 0.25) is 0 Å². The molecule has 0 heterocycles. The molecular weight excluding hydrogens is 540 g/mol. The van der Waals surface area contributed by atoms with Crippen LogP contribution in [0.15, 0.2) is 130 Å². The summed E-state index contributed by atoms with van der Waals surface area (Å²) in [4.78, 5) is 12.6. The van der Waals surface area contributed by atoms with Crippen LogP contribution < -0.4 is 0 Å². The molecule has 0 aliphatic heterocycles. The average molecular weight is 597 g/mol. The van der Waals surface area contributed by atoms with E-state index in [0.29, 0.717) is 12.3 Å².